The van der Waals surface area contributed by atoms with Gasteiger partial charge in [0, 0.05) is 49.3 Å². The van der Waals surface area contributed by atoms with Gasteiger partial charge in [-0.05, 0) is 76.6 Å². The first-order valence-corrected chi connectivity index (χ1v) is 45.6. The molecule has 78 heavy (non-hydrogen) atoms. The van der Waals surface area contributed by atoms with E-state index in [0.29, 0.717) is 17.1 Å². The van der Waals surface area contributed by atoms with E-state index in [1.165, 1.54) is 140 Å². The standard InChI is InChI=1S/C10H7N3O2.C10H9N3.C5H4BrN.C5H3ClN2O2.C5H4N.6C4H9.ClH.2Sn/c14-13(15)9-5-3-7-12-10(9)8-4-1-2-6-11-8;11-8-4-3-7-13-10(8)9-5-1-2-6-12-9;6-5-3-1-2-4-7-5;6-5-4(8(9)10)2-1-3-7-5;1-2-4-6-5-3-1;6*1-3-4-2;;;/h1-7H;1-7H,11H2;1-4H;1-3H;1-4H;6*1,3-4H2,2H3;1H;;/q;;;;;;;;;;;;;+1/p-1. The number of halogens is 3. The third kappa shape index (κ3) is 27.9. The van der Waals surface area contributed by atoms with Crippen LogP contribution in [0.4, 0.5) is 17.1 Å². The Hall–Kier alpha value is -4.69. The van der Waals surface area contributed by atoms with Crippen LogP contribution in [0.25, 0.3) is 22.8 Å². The van der Waals surface area contributed by atoms with Crippen LogP contribution in [0.15, 0.2) is 157 Å². The number of hydrogen-bond donors (Lipinski definition) is 1. The molecule has 0 aliphatic rings. The van der Waals surface area contributed by atoms with Crippen molar-refractivity contribution in [2.75, 3.05) is 5.73 Å². The molecule has 0 saturated carbocycles. The van der Waals surface area contributed by atoms with Crippen LogP contribution in [0.1, 0.15) is 119 Å². The van der Waals surface area contributed by atoms with Gasteiger partial charge in [-0.1, -0.05) is 29.8 Å². The summed E-state index contributed by atoms with van der Waals surface area (Å²) in [7, 11) is 6.89. The molecule has 0 atom stereocenters. The Morgan fingerprint density at radius 1 is 0.462 bits per heavy atom. The first kappa shape index (κ1) is 69.4. The molecule has 14 nitrogen and oxygen atoms in total. The number of nitro groups is 2. The molecule has 0 radical (unpaired) electrons. The molecule has 0 bridgehead atoms. The smallest absolute Gasteiger partial charge is 0.306 e. The number of hydrogen-bond acceptors (Lipinski definition) is 12. The number of aromatic nitrogens is 7. The van der Waals surface area contributed by atoms with Crippen molar-refractivity contribution in [1.29, 1.82) is 0 Å². The quantitative estimate of drug-likeness (QED) is 0.0275. The number of nitrogen functional groups attached to an aromatic ring is 1. The number of unbranched alkanes of at least 4 members (excludes halogenated alkanes) is 6. The predicted molar refractivity (Wildman–Crippen MR) is 333 cm³/mol. The summed E-state index contributed by atoms with van der Waals surface area (Å²) < 4.78 is 11.3. The van der Waals surface area contributed by atoms with Crippen molar-refractivity contribution >= 4 is 92.9 Å². The molecule has 420 valence electrons. The SMILES string of the molecule is Brc1ccccn1.CCC[CH2][Sn]([CH2]CCC)([CH2]CCC)[c]1ccccn1.CCC[CH2][Sn]([Cl])([CH2]CCC)[CH2]CCC.Nc1cccnc1-c1ccccn1.O=[N+]([O-])c1cccnc1-c1ccccn1.O=[N+]([O-])c1cccnc1Cl. The Kier molecular flexibility index (Phi) is 37.6. The van der Waals surface area contributed by atoms with Gasteiger partial charge in [-0.3, -0.25) is 35.2 Å². The van der Waals surface area contributed by atoms with Crippen molar-refractivity contribution in [2.24, 2.45) is 0 Å². The average Bonchev–Trinajstić information content (AvgIpc) is 3.48. The van der Waals surface area contributed by atoms with Crippen LogP contribution in [-0.2, 0) is 0 Å². The fourth-order valence-electron chi connectivity index (χ4n) is 8.07. The Bertz CT molecular complexity index is 2620. The normalized spacial score (nSPS) is 10.5. The monoisotopic (exact) mass is 1380 g/mol. The molecule has 0 amide bonds. The fraction of sp³-hybridized carbons (Fsp3) is 0.407. The molecule has 2 N–H and O–H groups in total. The van der Waals surface area contributed by atoms with E-state index in [1.54, 1.807) is 46.7 Å². The third-order valence-corrected chi connectivity index (χ3v) is 42.8. The van der Waals surface area contributed by atoms with Crippen LogP contribution < -0.4 is 9.44 Å². The van der Waals surface area contributed by atoms with Crippen LogP contribution >= 0.6 is 36.5 Å². The molecule has 7 aromatic heterocycles. The summed E-state index contributed by atoms with van der Waals surface area (Å²) >= 11 is 4.27. The minimum absolute atomic E-state index is 0.0313. The van der Waals surface area contributed by atoms with E-state index in [-0.39, 0.29) is 16.5 Å². The Morgan fingerprint density at radius 2 is 0.846 bits per heavy atom. The first-order chi connectivity index (χ1) is 37.7. The number of nitrogens with two attached hydrogens (primary N) is 1. The first-order valence-electron chi connectivity index (χ1n) is 27.3. The van der Waals surface area contributed by atoms with E-state index in [0.717, 1.165) is 16.0 Å². The summed E-state index contributed by atoms with van der Waals surface area (Å²) in [6.07, 6.45) is 28.1. The van der Waals surface area contributed by atoms with Crippen LogP contribution in [0.3, 0.4) is 0 Å². The number of rotatable bonds is 23. The minimum Gasteiger partial charge on any atom is -0.397 e. The predicted octanol–water partition coefficient (Wildman–Crippen LogP) is 18.0. The maximum Gasteiger partial charge on any atom is 0.306 e. The van der Waals surface area contributed by atoms with Crippen molar-refractivity contribution in [3.8, 4) is 22.8 Å². The largest absolute Gasteiger partial charge is 0.397 e. The van der Waals surface area contributed by atoms with Gasteiger partial charge in [0.1, 0.15) is 10.3 Å². The zero-order chi connectivity index (χ0) is 57.3. The maximum atomic E-state index is 10.7. The molecule has 7 heterocycles. The summed E-state index contributed by atoms with van der Waals surface area (Å²) in [6, 6.07) is 32.5. The van der Waals surface area contributed by atoms with Crippen LogP contribution in [0, 0.1) is 20.2 Å². The van der Waals surface area contributed by atoms with E-state index in [2.05, 4.69) is 106 Å². The van der Waals surface area contributed by atoms with E-state index in [9.17, 15) is 20.2 Å². The molecule has 0 fully saturated rings. The van der Waals surface area contributed by atoms with E-state index in [1.807, 2.05) is 54.7 Å². The van der Waals surface area contributed by atoms with Gasteiger partial charge in [0.25, 0.3) is 5.69 Å². The van der Waals surface area contributed by atoms with Crippen molar-refractivity contribution in [2.45, 2.75) is 145 Å². The zero-order valence-corrected chi connectivity index (χ0v) is 55.3. The number of nitrogens with zero attached hydrogens (tertiary/aromatic N) is 9. The average molecular weight is 1380 g/mol. The number of anilines is 1. The van der Waals surface area contributed by atoms with Gasteiger partial charge in [-0.15, -0.1) is 0 Å². The van der Waals surface area contributed by atoms with Crippen molar-refractivity contribution in [3.63, 3.8) is 0 Å². The molecular formula is C59H81BrCl2N10O4Sn2. The number of pyridine rings is 7. The van der Waals surface area contributed by atoms with Crippen LogP contribution in [0.5, 0.6) is 0 Å². The van der Waals surface area contributed by atoms with Gasteiger partial charge < -0.3 is 5.73 Å². The second-order valence-corrected chi connectivity index (χ2v) is 48.9. The van der Waals surface area contributed by atoms with Gasteiger partial charge in [-0.2, -0.15) is 0 Å². The second-order valence-electron chi connectivity index (χ2n) is 18.5. The van der Waals surface area contributed by atoms with Gasteiger partial charge in [0.15, 0.2) is 5.69 Å². The van der Waals surface area contributed by atoms with Gasteiger partial charge >= 0.3 is 229 Å². The van der Waals surface area contributed by atoms with Crippen molar-refractivity contribution < 1.29 is 9.85 Å². The molecule has 7 rings (SSSR count). The molecule has 0 aliphatic heterocycles. The van der Waals surface area contributed by atoms with Gasteiger partial charge in [0.2, 0.25) is 5.15 Å². The second kappa shape index (κ2) is 42.2. The van der Waals surface area contributed by atoms with Crippen molar-refractivity contribution in [3.05, 3.63) is 183 Å². The molecule has 0 aromatic carbocycles. The molecule has 0 unspecified atom stereocenters. The molecular weight excluding hydrogens is 1300 g/mol. The summed E-state index contributed by atoms with van der Waals surface area (Å²) in [5.74, 6) is 0. The minimum atomic E-state index is -2.21. The van der Waals surface area contributed by atoms with Crippen molar-refractivity contribution in [1.82, 2.24) is 34.9 Å². The van der Waals surface area contributed by atoms with E-state index >= 15 is 0 Å². The maximum absolute atomic E-state index is 10.7. The van der Waals surface area contributed by atoms with Gasteiger partial charge in [0.05, 0.1) is 26.9 Å². The molecule has 0 saturated heterocycles. The molecule has 0 aliphatic carbocycles. The van der Waals surface area contributed by atoms with E-state index < -0.39 is 45.5 Å². The summed E-state index contributed by atoms with van der Waals surface area (Å²) in [4.78, 5) is 48.3. The molecule has 19 heteroatoms. The molecule has 0 spiro atoms. The molecule has 7 aromatic rings. The van der Waals surface area contributed by atoms with Crippen LogP contribution in [-0.4, -0.2) is 80.4 Å². The fourth-order valence-corrected chi connectivity index (χ4v) is 37.2. The Morgan fingerprint density at radius 3 is 1.21 bits per heavy atom. The Balaban J connectivity index is 0.000000327. The topological polar surface area (TPSA) is 203 Å². The van der Waals surface area contributed by atoms with Gasteiger partial charge in [-0.25, -0.2) is 15.0 Å². The zero-order valence-electron chi connectivity index (χ0n) is 46.5. The Labute approximate surface area is 489 Å². The van der Waals surface area contributed by atoms with Crippen LogP contribution in [0.2, 0.25) is 31.8 Å². The van der Waals surface area contributed by atoms with E-state index in [4.69, 9.17) is 31.2 Å². The summed E-state index contributed by atoms with van der Waals surface area (Å²) in [6.45, 7) is 13.8. The summed E-state index contributed by atoms with van der Waals surface area (Å²) in [5, 5.41) is 20.8. The summed E-state index contributed by atoms with van der Waals surface area (Å²) in [5.41, 5.74) is 8.55. The third-order valence-electron chi connectivity index (χ3n) is 12.4.